The van der Waals surface area contributed by atoms with Crippen molar-refractivity contribution in [1.29, 1.82) is 0 Å². The van der Waals surface area contributed by atoms with Crippen LogP contribution in [0.1, 0.15) is 15.9 Å². The van der Waals surface area contributed by atoms with Crippen molar-refractivity contribution >= 4 is 24.0 Å². The van der Waals surface area contributed by atoms with Crippen molar-refractivity contribution in [3.05, 3.63) is 69.8 Å². The number of nitro groups is 1. The molecule has 2 N–H and O–H groups in total. The quantitative estimate of drug-likeness (QED) is 0.561. The second-order valence-electron chi connectivity index (χ2n) is 5.46. The van der Waals surface area contributed by atoms with Crippen LogP contribution in [0.25, 0.3) is 0 Å². The summed E-state index contributed by atoms with van der Waals surface area (Å²) in [6.45, 7) is 1.18. The van der Waals surface area contributed by atoms with Gasteiger partial charge in [-0.1, -0.05) is 30.3 Å². The van der Waals surface area contributed by atoms with E-state index in [1.807, 2.05) is 30.3 Å². The van der Waals surface area contributed by atoms with Gasteiger partial charge < -0.3 is 15.4 Å². The molecule has 0 saturated heterocycles. The SMILES string of the molecule is COc1ccc(C(=O)N(CCN)CCc2ccccc2)cc1[N+](=O)[O-].Cl. The Morgan fingerprint density at radius 2 is 1.88 bits per heavy atom. The molecule has 0 aliphatic heterocycles. The molecule has 0 atom stereocenters. The highest BCUT2D eigenvalue weighted by Gasteiger charge is 2.21. The van der Waals surface area contributed by atoms with Gasteiger partial charge in [0.1, 0.15) is 0 Å². The number of ether oxygens (including phenoxy) is 1. The number of hydrogen-bond donors (Lipinski definition) is 1. The number of carbonyl (C=O) groups excluding carboxylic acids is 1. The fourth-order valence-electron chi connectivity index (χ4n) is 2.53. The van der Waals surface area contributed by atoms with E-state index < -0.39 is 4.92 Å². The first-order chi connectivity index (χ1) is 12.1. The van der Waals surface area contributed by atoms with Gasteiger partial charge in [-0.2, -0.15) is 0 Å². The Hall–Kier alpha value is -2.64. The lowest BCUT2D eigenvalue weighted by Gasteiger charge is -2.22. The molecule has 0 aliphatic carbocycles. The van der Waals surface area contributed by atoms with Crippen molar-refractivity contribution in [1.82, 2.24) is 4.90 Å². The summed E-state index contributed by atoms with van der Waals surface area (Å²) in [7, 11) is 1.35. The molecular formula is C18H22ClN3O4. The lowest BCUT2D eigenvalue weighted by atomic mass is 10.1. The molecule has 7 nitrogen and oxygen atoms in total. The lowest BCUT2D eigenvalue weighted by molar-refractivity contribution is -0.385. The number of benzene rings is 2. The van der Waals surface area contributed by atoms with Crippen LogP contribution >= 0.6 is 12.4 Å². The van der Waals surface area contributed by atoms with E-state index >= 15 is 0 Å². The van der Waals surface area contributed by atoms with Crippen LogP contribution in [-0.2, 0) is 6.42 Å². The van der Waals surface area contributed by atoms with Gasteiger partial charge in [0.05, 0.1) is 12.0 Å². The molecule has 0 aliphatic rings. The molecule has 26 heavy (non-hydrogen) atoms. The van der Waals surface area contributed by atoms with E-state index in [0.29, 0.717) is 26.1 Å². The highest BCUT2D eigenvalue weighted by atomic mass is 35.5. The number of nitrogens with zero attached hydrogens (tertiary/aromatic N) is 2. The maximum atomic E-state index is 12.7. The third-order valence-electron chi connectivity index (χ3n) is 3.82. The van der Waals surface area contributed by atoms with Gasteiger partial charge in [-0.25, -0.2) is 0 Å². The van der Waals surface area contributed by atoms with Gasteiger partial charge in [-0.3, -0.25) is 14.9 Å². The van der Waals surface area contributed by atoms with Crippen LogP contribution in [0.15, 0.2) is 48.5 Å². The Bertz CT molecular complexity index is 740. The number of halogens is 1. The van der Waals surface area contributed by atoms with Gasteiger partial charge in [-0.05, 0) is 24.1 Å². The van der Waals surface area contributed by atoms with Gasteiger partial charge in [-0.15, -0.1) is 12.4 Å². The third-order valence-corrected chi connectivity index (χ3v) is 3.82. The monoisotopic (exact) mass is 379 g/mol. The van der Waals surface area contributed by atoms with E-state index in [4.69, 9.17) is 10.5 Å². The minimum atomic E-state index is -0.563. The van der Waals surface area contributed by atoms with Crippen molar-refractivity contribution in [2.24, 2.45) is 5.73 Å². The maximum absolute atomic E-state index is 12.7. The summed E-state index contributed by atoms with van der Waals surface area (Å²) in [5.74, 6) is -0.164. The molecule has 140 valence electrons. The van der Waals surface area contributed by atoms with Gasteiger partial charge in [0.25, 0.3) is 5.91 Å². The highest BCUT2D eigenvalue weighted by molar-refractivity contribution is 5.95. The fraction of sp³-hybridized carbons (Fsp3) is 0.278. The molecule has 2 rings (SSSR count). The van der Waals surface area contributed by atoms with E-state index in [0.717, 1.165) is 5.56 Å². The Labute approximate surface area is 158 Å². The lowest BCUT2D eigenvalue weighted by Crippen LogP contribution is -2.37. The van der Waals surface area contributed by atoms with Crippen LogP contribution < -0.4 is 10.5 Å². The average Bonchev–Trinajstić information content (AvgIpc) is 2.64. The number of carbonyl (C=O) groups is 1. The van der Waals surface area contributed by atoms with E-state index in [1.54, 1.807) is 4.90 Å². The van der Waals surface area contributed by atoms with Crippen molar-refractivity contribution in [2.45, 2.75) is 6.42 Å². The molecule has 0 aromatic heterocycles. The Kier molecular flexibility index (Phi) is 8.54. The molecular weight excluding hydrogens is 358 g/mol. The first kappa shape index (κ1) is 21.4. The Balaban J connectivity index is 0.00000338. The molecule has 2 aromatic rings. The van der Waals surface area contributed by atoms with Crippen LogP contribution in [0.4, 0.5) is 5.69 Å². The number of hydrogen-bond acceptors (Lipinski definition) is 5. The second-order valence-corrected chi connectivity index (χ2v) is 5.46. The molecule has 1 amide bonds. The minimum Gasteiger partial charge on any atom is -0.490 e. The molecule has 0 heterocycles. The molecule has 8 heteroatoms. The molecule has 2 aromatic carbocycles. The van der Waals surface area contributed by atoms with Crippen molar-refractivity contribution in [2.75, 3.05) is 26.7 Å². The normalized spacial score (nSPS) is 9.92. The smallest absolute Gasteiger partial charge is 0.311 e. The van der Waals surface area contributed by atoms with Crippen molar-refractivity contribution < 1.29 is 14.5 Å². The maximum Gasteiger partial charge on any atom is 0.311 e. The first-order valence-corrected chi connectivity index (χ1v) is 7.92. The molecule has 0 bridgehead atoms. The summed E-state index contributed by atoms with van der Waals surface area (Å²) in [5.41, 5.74) is 6.74. The molecule has 0 spiro atoms. The van der Waals surface area contributed by atoms with Crippen molar-refractivity contribution in [3.63, 3.8) is 0 Å². The molecule has 0 unspecified atom stereocenters. The highest BCUT2D eigenvalue weighted by Crippen LogP contribution is 2.28. The number of methoxy groups -OCH3 is 1. The summed E-state index contributed by atoms with van der Waals surface area (Å²) < 4.78 is 4.97. The predicted molar refractivity (Wildman–Crippen MR) is 102 cm³/mol. The number of nitro benzene ring substituents is 1. The number of nitrogens with two attached hydrogens (primary N) is 1. The standard InChI is InChI=1S/C18H21N3O4.ClH/c1-25-17-8-7-15(13-16(17)21(23)24)18(22)20(12-10-19)11-9-14-5-3-2-4-6-14;/h2-8,13H,9-12,19H2,1H3;1H. The van der Waals surface area contributed by atoms with E-state index in [1.165, 1.54) is 25.3 Å². The Morgan fingerprint density at radius 1 is 1.19 bits per heavy atom. The topological polar surface area (TPSA) is 98.7 Å². The van der Waals surface area contributed by atoms with Crippen LogP contribution in [0.5, 0.6) is 5.75 Å². The zero-order valence-electron chi connectivity index (χ0n) is 14.5. The van der Waals surface area contributed by atoms with Crippen LogP contribution in [-0.4, -0.2) is 42.5 Å². The summed E-state index contributed by atoms with van der Waals surface area (Å²) in [6.07, 6.45) is 0.685. The van der Waals surface area contributed by atoms with Crippen molar-refractivity contribution in [3.8, 4) is 5.75 Å². The first-order valence-electron chi connectivity index (χ1n) is 7.92. The fourth-order valence-corrected chi connectivity index (χ4v) is 2.53. The summed E-state index contributed by atoms with van der Waals surface area (Å²) >= 11 is 0. The van der Waals surface area contributed by atoms with Crippen LogP contribution in [0.2, 0.25) is 0 Å². The van der Waals surface area contributed by atoms with Gasteiger partial charge in [0.15, 0.2) is 5.75 Å². The van der Waals surface area contributed by atoms with Crippen LogP contribution in [0, 0.1) is 10.1 Å². The van der Waals surface area contributed by atoms with E-state index in [-0.39, 0.29) is 35.3 Å². The van der Waals surface area contributed by atoms with Gasteiger partial charge >= 0.3 is 5.69 Å². The van der Waals surface area contributed by atoms with Crippen LogP contribution in [0.3, 0.4) is 0 Å². The summed E-state index contributed by atoms with van der Waals surface area (Å²) in [4.78, 5) is 24.9. The van der Waals surface area contributed by atoms with Gasteiger partial charge in [0.2, 0.25) is 0 Å². The molecule has 0 radical (unpaired) electrons. The minimum absolute atomic E-state index is 0. The zero-order chi connectivity index (χ0) is 18.2. The number of rotatable bonds is 8. The molecule has 0 saturated carbocycles. The van der Waals surface area contributed by atoms with E-state index in [2.05, 4.69) is 0 Å². The predicted octanol–water partition coefficient (Wildman–Crippen LogP) is 2.67. The zero-order valence-corrected chi connectivity index (χ0v) is 15.3. The second kappa shape index (κ2) is 10.4. The third kappa shape index (κ3) is 5.44. The average molecular weight is 380 g/mol. The number of amides is 1. The van der Waals surface area contributed by atoms with Gasteiger partial charge in [0, 0.05) is 31.3 Å². The largest absolute Gasteiger partial charge is 0.490 e. The summed E-state index contributed by atoms with van der Waals surface area (Å²) in [5, 5.41) is 11.1. The molecule has 0 fully saturated rings. The van der Waals surface area contributed by atoms with E-state index in [9.17, 15) is 14.9 Å². The summed E-state index contributed by atoms with van der Waals surface area (Å²) in [6, 6.07) is 14.0. The Morgan fingerprint density at radius 3 is 2.46 bits per heavy atom.